The lowest BCUT2D eigenvalue weighted by Crippen LogP contribution is -2.57. The van der Waals surface area contributed by atoms with Crippen molar-refractivity contribution in [2.24, 2.45) is 10.8 Å². The number of rotatable bonds is 13. The molecule has 2 aromatic carbocycles. The second-order valence-electron chi connectivity index (χ2n) is 14.4. The molecule has 1 fully saturated rings. The predicted molar refractivity (Wildman–Crippen MR) is 188 cm³/mol. The molecule has 0 aliphatic carbocycles. The van der Waals surface area contributed by atoms with E-state index in [1.165, 1.54) is 12.0 Å². The van der Waals surface area contributed by atoms with Gasteiger partial charge in [-0.05, 0) is 58.1 Å². The Morgan fingerprint density at radius 2 is 1.72 bits per heavy atom. The van der Waals surface area contributed by atoms with Crippen LogP contribution in [0.1, 0.15) is 65.0 Å². The molecular formula is C38H53N3O6. The highest BCUT2D eigenvalue weighted by Gasteiger charge is 2.53. The minimum atomic E-state index is -0.985. The van der Waals surface area contributed by atoms with Gasteiger partial charge in [0.05, 0.1) is 20.3 Å². The van der Waals surface area contributed by atoms with Crippen LogP contribution in [0, 0.1) is 10.8 Å². The van der Waals surface area contributed by atoms with Crippen molar-refractivity contribution in [1.29, 1.82) is 0 Å². The number of nitrogens with one attached hydrogen (secondary N) is 1. The Hall–Kier alpha value is -4.11. The number of ether oxygens (including phenoxy) is 3. The van der Waals surface area contributed by atoms with Gasteiger partial charge in [-0.15, -0.1) is 6.58 Å². The smallest absolute Gasteiger partial charge is 0.407 e. The lowest BCUT2D eigenvalue weighted by atomic mass is 9.85. The summed E-state index contributed by atoms with van der Waals surface area (Å²) < 4.78 is 16.9. The average molecular weight is 648 g/mol. The van der Waals surface area contributed by atoms with Gasteiger partial charge in [-0.1, -0.05) is 83.7 Å². The lowest BCUT2D eigenvalue weighted by molar-refractivity contribution is -0.152. The third-order valence-electron chi connectivity index (χ3n) is 8.96. The van der Waals surface area contributed by atoms with E-state index >= 15 is 0 Å². The van der Waals surface area contributed by atoms with Gasteiger partial charge in [0.25, 0.3) is 0 Å². The minimum Gasteiger partial charge on any atom is -0.467 e. The van der Waals surface area contributed by atoms with Gasteiger partial charge in [-0.3, -0.25) is 4.79 Å². The molecule has 1 heterocycles. The second-order valence-corrected chi connectivity index (χ2v) is 14.4. The quantitative estimate of drug-likeness (QED) is 0.188. The van der Waals surface area contributed by atoms with E-state index in [1.54, 1.807) is 7.11 Å². The molecule has 1 aliphatic heterocycles. The summed E-state index contributed by atoms with van der Waals surface area (Å²) in [5, 5.41) is 2.80. The van der Waals surface area contributed by atoms with E-state index in [4.69, 9.17) is 14.2 Å². The first-order chi connectivity index (χ1) is 22.0. The molecule has 0 radical (unpaired) electrons. The molecule has 2 aromatic rings. The number of methoxy groups -OCH3 is 2. The van der Waals surface area contributed by atoms with E-state index in [1.807, 2.05) is 90.0 Å². The van der Waals surface area contributed by atoms with Crippen LogP contribution in [0.3, 0.4) is 0 Å². The molecule has 1 saturated heterocycles. The van der Waals surface area contributed by atoms with Gasteiger partial charge in [0.1, 0.15) is 17.7 Å². The summed E-state index contributed by atoms with van der Waals surface area (Å²) in [4.78, 5) is 44.0. The monoisotopic (exact) mass is 647 g/mol. The predicted octanol–water partition coefficient (Wildman–Crippen LogP) is 6.81. The van der Waals surface area contributed by atoms with E-state index in [2.05, 4.69) is 36.7 Å². The van der Waals surface area contributed by atoms with Crippen LogP contribution in [0.4, 0.5) is 10.5 Å². The lowest BCUT2D eigenvalue weighted by Gasteiger charge is -2.35. The fourth-order valence-corrected chi connectivity index (χ4v) is 5.94. The van der Waals surface area contributed by atoms with Gasteiger partial charge < -0.3 is 29.3 Å². The number of amides is 2. The zero-order chi connectivity index (χ0) is 35.2. The molecule has 0 spiro atoms. The molecule has 3 rings (SSSR count). The fourth-order valence-electron chi connectivity index (χ4n) is 5.94. The van der Waals surface area contributed by atoms with Crippen LogP contribution in [0.25, 0.3) is 17.2 Å². The standard InChI is InChI=1S/C38H53N3O6/c1-12-14-21-37(6,7)25-47-35(44)39-32(36(3,4)5)33(42)41-24-38(46-11,23-31(41)34(43)45-10)28-17-15-27(16-18-28)30-20-19-29(40(8)9)22-26(30)13-2/h12-13,15-20,22,31-32H,1-2,14,21,23-25H2,3-11H3,(H,39,44)/t31-,32?,38-/m0/s1. The highest BCUT2D eigenvalue weighted by Crippen LogP contribution is 2.41. The Morgan fingerprint density at radius 1 is 1.06 bits per heavy atom. The molecule has 3 atom stereocenters. The van der Waals surface area contributed by atoms with E-state index in [9.17, 15) is 14.4 Å². The topological polar surface area (TPSA) is 97.4 Å². The summed E-state index contributed by atoms with van der Waals surface area (Å²) in [6, 6.07) is 12.3. The van der Waals surface area contributed by atoms with Gasteiger partial charge in [0.2, 0.25) is 5.91 Å². The van der Waals surface area contributed by atoms with E-state index < -0.39 is 41.1 Å². The first kappa shape index (κ1) is 37.3. The SMILES string of the molecule is C=CCCC(C)(C)COC(=O)NC(C(=O)N1C[C@](OC)(c2ccc(-c3ccc(N(C)C)cc3C=C)cc2)C[C@H]1C(=O)OC)C(C)(C)C. The molecule has 9 heteroatoms. The molecule has 1 N–H and O–H groups in total. The zero-order valence-electron chi connectivity index (χ0n) is 29.6. The molecule has 0 saturated carbocycles. The number of alkyl carbamates (subject to hydrolysis) is 1. The molecule has 0 aromatic heterocycles. The van der Waals surface area contributed by atoms with Crippen LogP contribution < -0.4 is 10.2 Å². The molecule has 47 heavy (non-hydrogen) atoms. The number of carbonyl (C=O) groups excluding carboxylic acids is 3. The van der Waals surface area contributed by atoms with Crippen molar-refractivity contribution < 1.29 is 28.6 Å². The van der Waals surface area contributed by atoms with Crippen molar-refractivity contribution >= 4 is 29.7 Å². The van der Waals surface area contributed by atoms with Crippen molar-refractivity contribution in [3.05, 3.63) is 72.8 Å². The van der Waals surface area contributed by atoms with Crippen molar-refractivity contribution in [2.45, 2.75) is 71.6 Å². The van der Waals surface area contributed by atoms with Crippen LogP contribution in [0.5, 0.6) is 0 Å². The number of nitrogens with zero attached hydrogens (tertiary/aromatic N) is 2. The van der Waals surface area contributed by atoms with Crippen LogP contribution in [0.2, 0.25) is 0 Å². The van der Waals surface area contributed by atoms with Crippen molar-refractivity contribution in [3.8, 4) is 11.1 Å². The third-order valence-corrected chi connectivity index (χ3v) is 8.96. The van der Waals surface area contributed by atoms with Crippen LogP contribution in [-0.2, 0) is 29.4 Å². The maximum absolute atomic E-state index is 14.3. The molecular weight excluding hydrogens is 594 g/mol. The summed E-state index contributed by atoms with van der Waals surface area (Å²) in [5.41, 5.74) is 3.00. The Kier molecular flexibility index (Phi) is 12.1. The second kappa shape index (κ2) is 15.2. The number of carbonyl (C=O) groups is 3. The Balaban J connectivity index is 1.91. The maximum atomic E-state index is 14.3. The van der Waals surface area contributed by atoms with E-state index in [0.29, 0.717) is 0 Å². The maximum Gasteiger partial charge on any atom is 0.407 e. The Morgan fingerprint density at radius 3 is 2.26 bits per heavy atom. The van der Waals surface area contributed by atoms with Crippen LogP contribution in [-0.4, -0.2) is 76.4 Å². The van der Waals surface area contributed by atoms with Crippen LogP contribution in [0.15, 0.2) is 61.7 Å². The van der Waals surface area contributed by atoms with E-state index in [-0.39, 0.29) is 25.0 Å². The summed E-state index contributed by atoms with van der Waals surface area (Å²) in [6.45, 7) is 17.6. The summed E-state index contributed by atoms with van der Waals surface area (Å²) >= 11 is 0. The number of benzene rings is 2. The number of hydrogen-bond acceptors (Lipinski definition) is 7. The Bertz CT molecular complexity index is 1440. The van der Waals surface area contributed by atoms with Crippen molar-refractivity contribution in [2.75, 3.05) is 46.4 Å². The molecule has 256 valence electrons. The molecule has 2 amide bonds. The summed E-state index contributed by atoms with van der Waals surface area (Å²) in [6.07, 6.45) is 4.78. The van der Waals surface area contributed by atoms with Gasteiger partial charge in [-0.2, -0.15) is 0 Å². The van der Waals surface area contributed by atoms with Crippen LogP contribution >= 0.6 is 0 Å². The average Bonchev–Trinajstić information content (AvgIpc) is 3.45. The highest BCUT2D eigenvalue weighted by atomic mass is 16.5. The summed E-state index contributed by atoms with van der Waals surface area (Å²) in [7, 11) is 6.88. The van der Waals surface area contributed by atoms with Gasteiger partial charge in [0, 0.05) is 33.3 Å². The van der Waals surface area contributed by atoms with Gasteiger partial charge in [-0.25, -0.2) is 9.59 Å². The minimum absolute atomic E-state index is 0.0920. The number of likely N-dealkylation sites (tertiary alicyclic amines) is 1. The summed E-state index contributed by atoms with van der Waals surface area (Å²) in [5.74, 6) is -0.965. The van der Waals surface area contributed by atoms with Gasteiger partial charge >= 0.3 is 12.1 Å². The largest absolute Gasteiger partial charge is 0.467 e. The molecule has 0 bridgehead atoms. The third kappa shape index (κ3) is 8.83. The van der Waals surface area contributed by atoms with E-state index in [0.717, 1.165) is 40.8 Å². The number of allylic oxidation sites excluding steroid dienone is 1. The number of hydrogen-bond donors (Lipinski definition) is 1. The first-order valence-corrected chi connectivity index (χ1v) is 16.0. The van der Waals surface area contributed by atoms with Crippen molar-refractivity contribution in [3.63, 3.8) is 0 Å². The normalized spacial score (nSPS) is 18.7. The molecule has 1 unspecified atom stereocenters. The van der Waals surface area contributed by atoms with Crippen molar-refractivity contribution in [1.82, 2.24) is 10.2 Å². The van der Waals surface area contributed by atoms with Gasteiger partial charge in [0.15, 0.2) is 0 Å². The molecule has 1 aliphatic rings. The highest BCUT2D eigenvalue weighted by molar-refractivity contribution is 5.91. The first-order valence-electron chi connectivity index (χ1n) is 16.0. The fraction of sp³-hybridized carbons (Fsp3) is 0.500. The number of esters is 1. The molecule has 9 nitrogen and oxygen atoms in total. The number of anilines is 1. The zero-order valence-corrected chi connectivity index (χ0v) is 29.6. The Labute approximate surface area is 280 Å².